The van der Waals surface area contributed by atoms with E-state index in [0.29, 0.717) is 5.92 Å². The van der Waals surface area contributed by atoms with E-state index in [-0.39, 0.29) is 11.7 Å². The molecule has 3 atom stereocenters. The van der Waals surface area contributed by atoms with Gasteiger partial charge in [-0.2, -0.15) is 0 Å². The van der Waals surface area contributed by atoms with Crippen LogP contribution in [0, 0.1) is 11.8 Å². The third-order valence-corrected chi connectivity index (χ3v) is 5.44. The van der Waals surface area contributed by atoms with Crippen molar-refractivity contribution in [2.24, 2.45) is 11.8 Å². The van der Waals surface area contributed by atoms with Crippen LogP contribution in [0.25, 0.3) is 0 Å². The van der Waals surface area contributed by atoms with Gasteiger partial charge in [0.05, 0.1) is 18.3 Å². The van der Waals surface area contributed by atoms with E-state index in [4.69, 9.17) is 9.47 Å². The SMILES string of the molecule is OC(CC1CCCCC1)C1CCOC2(CCOC2)C1. The molecule has 3 fully saturated rings. The van der Waals surface area contributed by atoms with Crippen LogP contribution in [-0.2, 0) is 9.47 Å². The van der Waals surface area contributed by atoms with Gasteiger partial charge in [0.1, 0.15) is 0 Å². The molecule has 0 aromatic rings. The minimum Gasteiger partial charge on any atom is -0.393 e. The summed E-state index contributed by atoms with van der Waals surface area (Å²) in [5.74, 6) is 1.19. The standard InChI is InChI=1S/C16H28O3/c17-15(10-13-4-2-1-3-5-13)14-6-8-19-16(11-14)7-9-18-12-16/h13-15,17H,1-12H2. The third-order valence-electron chi connectivity index (χ3n) is 5.44. The summed E-state index contributed by atoms with van der Waals surface area (Å²) in [4.78, 5) is 0. The topological polar surface area (TPSA) is 38.7 Å². The summed E-state index contributed by atoms with van der Waals surface area (Å²) in [6.07, 6.45) is 10.7. The van der Waals surface area contributed by atoms with Crippen LogP contribution in [0.1, 0.15) is 57.8 Å². The summed E-state index contributed by atoms with van der Waals surface area (Å²) in [6.45, 7) is 2.36. The van der Waals surface area contributed by atoms with Gasteiger partial charge in [-0.05, 0) is 31.1 Å². The van der Waals surface area contributed by atoms with Crippen molar-refractivity contribution in [1.82, 2.24) is 0 Å². The molecule has 1 aliphatic carbocycles. The normalized spacial score (nSPS) is 38.7. The highest BCUT2D eigenvalue weighted by molar-refractivity contribution is 4.92. The van der Waals surface area contributed by atoms with Gasteiger partial charge in [-0.3, -0.25) is 0 Å². The molecule has 0 amide bonds. The molecule has 0 aromatic carbocycles. The second-order valence-electron chi connectivity index (χ2n) is 6.89. The first-order valence-electron chi connectivity index (χ1n) is 8.17. The lowest BCUT2D eigenvalue weighted by Crippen LogP contribution is -2.43. The maximum atomic E-state index is 10.6. The van der Waals surface area contributed by atoms with Crippen molar-refractivity contribution in [3.8, 4) is 0 Å². The van der Waals surface area contributed by atoms with E-state index in [0.717, 1.165) is 51.4 Å². The van der Waals surface area contributed by atoms with Crippen LogP contribution in [0.4, 0.5) is 0 Å². The third kappa shape index (κ3) is 3.32. The Hall–Kier alpha value is -0.120. The molecule has 3 rings (SSSR count). The van der Waals surface area contributed by atoms with Crippen LogP contribution in [0.3, 0.4) is 0 Å². The molecule has 1 saturated carbocycles. The Kier molecular flexibility index (Phi) is 4.45. The van der Waals surface area contributed by atoms with Crippen molar-refractivity contribution >= 4 is 0 Å². The van der Waals surface area contributed by atoms with E-state index in [1.54, 1.807) is 0 Å². The minimum absolute atomic E-state index is 0.0591. The summed E-state index contributed by atoms with van der Waals surface area (Å²) >= 11 is 0. The van der Waals surface area contributed by atoms with E-state index in [9.17, 15) is 5.11 Å². The monoisotopic (exact) mass is 268 g/mol. The van der Waals surface area contributed by atoms with Crippen molar-refractivity contribution in [2.75, 3.05) is 19.8 Å². The second-order valence-corrected chi connectivity index (χ2v) is 6.89. The fourth-order valence-electron chi connectivity index (χ4n) is 4.21. The van der Waals surface area contributed by atoms with Gasteiger partial charge in [-0.25, -0.2) is 0 Å². The molecule has 2 saturated heterocycles. The molecule has 2 aliphatic heterocycles. The van der Waals surface area contributed by atoms with Crippen LogP contribution in [0.5, 0.6) is 0 Å². The van der Waals surface area contributed by atoms with Crippen molar-refractivity contribution in [2.45, 2.75) is 69.5 Å². The summed E-state index contributed by atoms with van der Waals surface area (Å²) in [6, 6.07) is 0. The molecule has 3 unspecified atom stereocenters. The van der Waals surface area contributed by atoms with Gasteiger partial charge >= 0.3 is 0 Å². The van der Waals surface area contributed by atoms with Gasteiger partial charge in [-0.15, -0.1) is 0 Å². The Balaban J connectivity index is 1.52. The Labute approximate surface area is 116 Å². The summed E-state index contributed by atoms with van der Waals surface area (Å²) in [5, 5.41) is 10.6. The van der Waals surface area contributed by atoms with Gasteiger partial charge in [0.15, 0.2) is 0 Å². The van der Waals surface area contributed by atoms with Crippen LogP contribution < -0.4 is 0 Å². The van der Waals surface area contributed by atoms with Crippen LogP contribution in [-0.4, -0.2) is 36.6 Å². The van der Waals surface area contributed by atoms with Crippen molar-refractivity contribution < 1.29 is 14.6 Å². The zero-order valence-electron chi connectivity index (χ0n) is 12.0. The molecule has 3 nitrogen and oxygen atoms in total. The largest absolute Gasteiger partial charge is 0.393 e. The van der Waals surface area contributed by atoms with Crippen molar-refractivity contribution in [1.29, 1.82) is 0 Å². The fraction of sp³-hybridized carbons (Fsp3) is 1.00. The molecule has 110 valence electrons. The summed E-state index contributed by atoms with van der Waals surface area (Å²) in [5.41, 5.74) is -0.0591. The number of aliphatic hydroxyl groups is 1. The lowest BCUT2D eigenvalue weighted by atomic mass is 9.77. The first-order chi connectivity index (χ1) is 9.27. The Bertz CT molecular complexity index is 280. The Morgan fingerprint density at radius 3 is 2.68 bits per heavy atom. The average Bonchev–Trinajstić information content (AvgIpc) is 2.88. The lowest BCUT2D eigenvalue weighted by molar-refractivity contribution is -0.118. The van der Waals surface area contributed by atoms with E-state index in [2.05, 4.69) is 0 Å². The van der Waals surface area contributed by atoms with Crippen LogP contribution in [0.15, 0.2) is 0 Å². The molecule has 0 aromatic heterocycles. The zero-order chi connectivity index (χ0) is 13.1. The quantitative estimate of drug-likeness (QED) is 0.855. The molecule has 3 heteroatoms. The molecule has 19 heavy (non-hydrogen) atoms. The molecule has 2 heterocycles. The van der Waals surface area contributed by atoms with E-state index in [1.807, 2.05) is 0 Å². The smallest absolute Gasteiger partial charge is 0.0940 e. The number of ether oxygens (including phenoxy) is 2. The van der Waals surface area contributed by atoms with Gasteiger partial charge in [0.2, 0.25) is 0 Å². The first kappa shape index (κ1) is 13.8. The number of rotatable bonds is 3. The maximum Gasteiger partial charge on any atom is 0.0940 e. The molecule has 1 spiro atoms. The van der Waals surface area contributed by atoms with Gasteiger partial charge < -0.3 is 14.6 Å². The molecular weight excluding hydrogens is 240 g/mol. The Morgan fingerprint density at radius 2 is 1.95 bits per heavy atom. The highest BCUT2D eigenvalue weighted by atomic mass is 16.6. The van der Waals surface area contributed by atoms with Crippen LogP contribution in [0.2, 0.25) is 0 Å². The number of aliphatic hydroxyl groups excluding tert-OH is 1. The van der Waals surface area contributed by atoms with E-state index >= 15 is 0 Å². The number of hydrogen-bond acceptors (Lipinski definition) is 3. The summed E-state index contributed by atoms with van der Waals surface area (Å²) in [7, 11) is 0. The van der Waals surface area contributed by atoms with Gasteiger partial charge in [0, 0.05) is 19.6 Å². The molecular formula is C16H28O3. The first-order valence-corrected chi connectivity index (χ1v) is 8.17. The number of hydrogen-bond donors (Lipinski definition) is 1. The van der Waals surface area contributed by atoms with Gasteiger partial charge in [0.25, 0.3) is 0 Å². The maximum absolute atomic E-state index is 10.6. The zero-order valence-corrected chi connectivity index (χ0v) is 12.0. The predicted octanol–water partition coefficient (Wildman–Crippen LogP) is 2.90. The summed E-state index contributed by atoms with van der Waals surface area (Å²) < 4.78 is 11.5. The lowest BCUT2D eigenvalue weighted by Gasteiger charge is -2.39. The van der Waals surface area contributed by atoms with Crippen molar-refractivity contribution in [3.05, 3.63) is 0 Å². The van der Waals surface area contributed by atoms with Gasteiger partial charge in [-0.1, -0.05) is 32.1 Å². The van der Waals surface area contributed by atoms with E-state index < -0.39 is 0 Å². The second kappa shape index (κ2) is 6.11. The van der Waals surface area contributed by atoms with Crippen LogP contribution >= 0.6 is 0 Å². The molecule has 1 N–H and O–H groups in total. The molecule has 0 radical (unpaired) electrons. The highest BCUT2D eigenvalue weighted by Crippen LogP contribution is 2.39. The molecule has 0 bridgehead atoms. The predicted molar refractivity (Wildman–Crippen MR) is 74.0 cm³/mol. The molecule has 3 aliphatic rings. The fourth-order valence-corrected chi connectivity index (χ4v) is 4.21. The van der Waals surface area contributed by atoms with Crippen molar-refractivity contribution in [3.63, 3.8) is 0 Å². The van der Waals surface area contributed by atoms with E-state index in [1.165, 1.54) is 32.1 Å². The Morgan fingerprint density at radius 1 is 1.11 bits per heavy atom. The highest BCUT2D eigenvalue weighted by Gasteiger charge is 2.42. The average molecular weight is 268 g/mol. The minimum atomic E-state index is -0.121.